The Bertz CT molecular complexity index is 450. The molecule has 1 aromatic carbocycles. The molecule has 0 saturated heterocycles. The van der Waals surface area contributed by atoms with Crippen LogP contribution in [0.2, 0.25) is 0 Å². The third kappa shape index (κ3) is 2.55. The number of aryl methyl sites for hydroxylation is 1. The number of carbonyl (C=O) groups is 2. The lowest BCUT2D eigenvalue weighted by Crippen LogP contribution is -2.13. The summed E-state index contributed by atoms with van der Waals surface area (Å²) >= 11 is 0. The minimum atomic E-state index is -0.637. The van der Waals surface area contributed by atoms with E-state index >= 15 is 0 Å². The van der Waals surface area contributed by atoms with Crippen molar-refractivity contribution in [1.29, 1.82) is 0 Å². The van der Waals surface area contributed by atoms with E-state index in [0.29, 0.717) is 0 Å². The fourth-order valence-corrected chi connectivity index (χ4v) is 1.50. The van der Waals surface area contributed by atoms with Gasteiger partial charge >= 0.3 is 11.9 Å². The van der Waals surface area contributed by atoms with Crippen LogP contribution in [-0.2, 0) is 9.47 Å². The first-order chi connectivity index (χ1) is 8.04. The largest absolute Gasteiger partial charge is 0.496 e. The monoisotopic (exact) mass is 238 g/mol. The predicted molar refractivity (Wildman–Crippen MR) is 60.4 cm³/mol. The van der Waals surface area contributed by atoms with E-state index in [4.69, 9.17) is 4.74 Å². The van der Waals surface area contributed by atoms with E-state index in [1.54, 1.807) is 19.1 Å². The molecule has 0 spiro atoms. The summed E-state index contributed by atoms with van der Waals surface area (Å²) in [4.78, 5) is 23.2. The van der Waals surface area contributed by atoms with Gasteiger partial charge in [-0.1, -0.05) is 0 Å². The molecule has 17 heavy (non-hydrogen) atoms. The second-order valence-electron chi connectivity index (χ2n) is 3.37. The number of ether oxygens (including phenoxy) is 3. The number of esters is 2. The first-order valence-electron chi connectivity index (χ1n) is 4.90. The van der Waals surface area contributed by atoms with Crippen molar-refractivity contribution in [2.75, 3.05) is 21.3 Å². The van der Waals surface area contributed by atoms with Gasteiger partial charge in [0.05, 0.1) is 26.9 Å². The summed E-state index contributed by atoms with van der Waals surface area (Å²) in [5, 5.41) is 0. The highest BCUT2D eigenvalue weighted by Gasteiger charge is 2.23. The molecule has 0 aliphatic carbocycles. The Morgan fingerprint density at radius 2 is 1.59 bits per heavy atom. The van der Waals surface area contributed by atoms with Gasteiger partial charge < -0.3 is 14.2 Å². The van der Waals surface area contributed by atoms with E-state index in [1.807, 2.05) is 0 Å². The third-order valence-electron chi connectivity index (χ3n) is 2.26. The average Bonchev–Trinajstić information content (AvgIpc) is 2.35. The maximum atomic E-state index is 11.6. The van der Waals surface area contributed by atoms with Crippen molar-refractivity contribution >= 4 is 11.9 Å². The lowest BCUT2D eigenvalue weighted by molar-refractivity contribution is 0.0552. The van der Waals surface area contributed by atoms with Crippen LogP contribution in [0.3, 0.4) is 0 Å². The van der Waals surface area contributed by atoms with Gasteiger partial charge in [0.15, 0.2) is 0 Å². The van der Waals surface area contributed by atoms with Crippen LogP contribution >= 0.6 is 0 Å². The van der Waals surface area contributed by atoms with Crippen LogP contribution in [-0.4, -0.2) is 33.3 Å². The van der Waals surface area contributed by atoms with Gasteiger partial charge in [-0.05, 0) is 24.6 Å². The van der Waals surface area contributed by atoms with Crippen molar-refractivity contribution in [1.82, 2.24) is 0 Å². The number of benzene rings is 1. The topological polar surface area (TPSA) is 61.8 Å². The summed E-state index contributed by atoms with van der Waals surface area (Å²) < 4.78 is 14.3. The minimum absolute atomic E-state index is 0.0763. The van der Waals surface area contributed by atoms with E-state index in [1.165, 1.54) is 21.3 Å². The van der Waals surface area contributed by atoms with Gasteiger partial charge in [0.2, 0.25) is 0 Å². The number of hydrogen-bond donors (Lipinski definition) is 0. The number of carbonyl (C=O) groups excluding carboxylic acids is 2. The summed E-state index contributed by atoms with van der Waals surface area (Å²) in [6.07, 6.45) is 0. The highest BCUT2D eigenvalue weighted by atomic mass is 16.5. The van der Waals surface area contributed by atoms with Crippen molar-refractivity contribution in [3.05, 3.63) is 28.8 Å². The Morgan fingerprint density at radius 3 is 2.06 bits per heavy atom. The van der Waals surface area contributed by atoms with Crippen LogP contribution in [0, 0.1) is 6.92 Å². The fourth-order valence-electron chi connectivity index (χ4n) is 1.50. The fraction of sp³-hybridized carbons (Fsp3) is 0.333. The summed E-state index contributed by atoms with van der Waals surface area (Å²) in [5.41, 5.74) is 0.999. The van der Waals surface area contributed by atoms with Crippen LogP contribution < -0.4 is 4.74 Å². The molecule has 0 bridgehead atoms. The maximum Gasteiger partial charge on any atom is 0.342 e. The zero-order valence-electron chi connectivity index (χ0n) is 10.2. The Labute approximate surface area is 99.3 Å². The zero-order valence-corrected chi connectivity index (χ0v) is 10.2. The first-order valence-corrected chi connectivity index (χ1v) is 4.90. The second-order valence-corrected chi connectivity index (χ2v) is 3.37. The molecule has 0 atom stereocenters. The van der Waals surface area contributed by atoms with E-state index < -0.39 is 11.9 Å². The Hall–Kier alpha value is -2.04. The van der Waals surface area contributed by atoms with E-state index in [9.17, 15) is 9.59 Å². The van der Waals surface area contributed by atoms with Gasteiger partial charge in [-0.25, -0.2) is 9.59 Å². The Balaban J connectivity index is 3.49. The van der Waals surface area contributed by atoms with Gasteiger partial charge in [0.25, 0.3) is 0 Å². The molecule has 0 amide bonds. The average molecular weight is 238 g/mol. The Kier molecular flexibility index (Phi) is 4.09. The lowest BCUT2D eigenvalue weighted by Gasteiger charge is -2.12. The van der Waals surface area contributed by atoms with Gasteiger partial charge in [0, 0.05) is 0 Å². The molecule has 0 radical (unpaired) electrons. The third-order valence-corrected chi connectivity index (χ3v) is 2.26. The van der Waals surface area contributed by atoms with Gasteiger partial charge in [-0.2, -0.15) is 0 Å². The molecular formula is C12H14O5. The van der Waals surface area contributed by atoms with Crippen LogP contribution in [0.25, 0.3) is 0 Å². The molecular weight excluding hydrogens is 224 g/mol. The Morgan fingerprint density at radius 1 is 1.00 bits per heavy atom. The smallest absolute Gasteiger partial charge is 0.342 e. The maximum absolute atomic E-state index is 11.6. The number of hydrogen-bond acceptors (Lipinski definition) is 5. The molecule has 1 aromatic rings. The lowest BCUT2D eigenvalue weighted by atomic mass is 10.0. The van der Waals surface area contributed by atoms with Crippen LogP contribution in [0.15, 0.2) is 12.1 Å². The highest BCUT2D eigenvalue weighted by molar-refractivity contribution is 6.05. The molecule has 1 rings (SSSR count). The van der Waals surface area contributed by atoms with Crippen molar-refractivity contribution in [3.8, 4) is 5.75 Å². The second kappa shape index (κ2) is 5.34. The standard InChI is InChI=1S/C12H14O5/c1-7-5-8(11(13)16-3)10(12(14)17-4)9(6-7)15-2/h5-6H,1-4H3. The van der Waals surface area contributed by atoms with Crippen molar-refractivity contribution in [3.63, 3.8) is 0 Å². The molecule has 92 valence electrons. The summed E-state index contributed by atoms with van der Waals surface area (Å²) in [6, 6.07) is 3.21. The molecule has 5 nitrogen and oxygen atoms in total. The molecule has 0 heterocycles. The van der Waals surface area contributed by atoms with E-state index in [2.05, 4.69) is 9.47 Å². The SMILES string of the molecule is COC(=O)c1cc(C)cc(OC)c1C(=O)OC. The predicted octanol–water partition coefficient (Wildman–Crippen LogP) is 1.58. The zero-order chi connectivity index (χ0) is 13.0. The van der Waals surface area contributed by atoms with Crippen molar-refractivity contribution in [2.45, 2.75) is 6.92 Å². The molecule has 0 aliphatic heterocycles. The molecule has 0 saturated carbocycles. The quantitative estimate of drug-likeness (QED) is 0.748. The highest BCUT2D eigenvalue weighted by Crippen LogP contribution is 2.26. The van der Waals surface area contributed by atoms with Crippen molar-refractivity contribution < 1.29 is 23.8 Å². The molecule has 5 heteroatoms. The first kappa shape index (κ1) is 13.0. The van der Waals surface area contributed by atoms with E-state index in [0.717, 1.165) is 5.56 Å². The van der Waals surface area contributed by atoms with Crippen LogP contribution in [0.4, 0.5) is 0 Å². The number of methoxy groups -OCH3 is 3. The summed E-state index contributed by atoms with van der Waals surface area (Å²) in [7, 11) is 3.91. The minimum Gasteiger partial charge on any atom is -0.496 e. The van der Waals surface area contributed by atoms with Gasteiger partial charge in [-0.15, -0.1) is 0 Å². The molecule has 0 aliphatic rings. The molecule has 0 aromatic heterocycles. The summed E-state index contributed by atoms with van der Waals surface area (Å²) in [5.74, 6) is -0.952. The normalized spacial score (nSPS) is 9.65. The number of rotatable bonds is 3. The molecule has 0 fully saturated rings. The molecule has 0 N–H and O–H groups in total. The van der Waals surface area contributed by atoms with Crippen molar-refractivity contribution in [2.24, 2.45) is 0 Å². The van der Waals surface area contributed by atoms with Crippen LogP contribution in [0.1, 0.15) is 26.3 Å². The summed E-state index contributed by atoms with van der Waals surface area (Å²) in [6.45, 7) is 1.79. The van der Waals surface area contributed by atoms with Gasteiger partial charge in [-0.3, -0.25) is 0 Å². The van der Waals surface area contributed by atoms with Crippen LogP contribution in [0.5, 0.6) is 5.75 Å². The molecule has 0 unspecified atom stereocenters. The van der Waals surface area contributed by atoms with E-state index in [-0.39, 0.29) is 16.9 Å². The van der Waals surface area contributed by atoms with Gasteiger partial charge in [0.1, 0.15) is 11.3 Å².